The maximum absolute atomic E-state index is 13.0. The minimum absolute atomic E-state index is 0.300. The average molecular weight is 405 g/mol. The average Bonchev–Trinajstić information content (AvgIpc) is 3.15. The van der Waals surface area contributed by atoms with Gasteiger partial charge in [0.2, 0.25) is 0 Å². The topological polar surface area (TPSA) is 68.4 Å². The maximum atomic E-state index is 13.0. The van der Waals surface area contributed by atoms with E-state index in [-0.39, 0.29) is 5.69 Å². The number of rotatable bonds is 6. The fourth-order valence-corrected chi connectivity index (χ4v) is 2.82. The number of carbonyl (C=O) groups is 1. The van der Waals surface area contributed by atoms with Gasteiger partial charge in [0.05, 0.1) is 16.9 Å². The van der Waals surface area contributed by atoms with Gasteiger partial charge in [-0.15, -0.1) is 5.53 Å². The summed E-state index contributed by atoms with van der Waals surface area (Å²) in [5.41, 5.74) is 7.31. The Labute approximate surface area is 166 Å². The lowest BCUT2D eigenvalue weighted by molar-refractivity contribution is -0.136. The lowest BCUT2D eigenvalue weighted by Crippen LogP contribution is -2.36. The second kappa shape index (κ2) is 8.87. The number of carbonyl (C=O) groups excluding carboxylic acids is 1. The van der Waals surface area contributed by atoms with Gasteiger partial charge in [-0.3, -0.25) is 5.01 Å². The first kappa shape index (κ1) is 20.5. The minimum Gasteiger partial charge on any atom is -0.308 e. The molecule has 0 radical (unpaired) electrons. The molecule has 0 aliphatic carbocycles. The van der Waals surface area contributed by atoms with Crippen molar-refractivity contribution in [2.45, 2.75) is 32.4 Å². The molecule has 3 rings (SSSR count). The van der Waals surface area contributed by atoms with Crippen molar-refractivity contribution < 1.29 is 18.0 Å². The molecule has 1 heterocycles. The number of amides is 2. The van der Waals surface area contributed by atoms with Gasteiger partial charge in [0, 0.05) is 17.6 Å². The molecule has 0 bridgehead atoms. The van der Waals surface area contributed by atoms with Crippen molar-refractivity contribution in [1.82, 2.24) is 11.0 Å². The Morgan fingerprint density at radius 1 is 1.07 bits per heavy atom. The predicted molar refractivity (Wildman–Crippen MR) is 107 cm³/mol. The van der Waals surface area contributed by atoms with Crippen LogP contribution in [0.5, 0.6) is 0 Å². The SMILES string of the molecule is CCCCC1=CN(c2ccc(NC(=O)Nc3ccccc3C(F)(F)F)cc2)NN1. The molecule has 0 saturated carbocycles. The summed E-state index contributed by atoms with van der Waals surface area (Å²) in [5, 5.41) is 6.60. The zero-order chi connectivity index (χ0) is 20.9. The highest BCUT2D eigenvalue weighted by Gasteiger charge is 2.33. The van der Waals surface area contributed by atoms with Crippen LogP contribution in [0.2, 0.25) is 0 Å². The fourth-order valence-electron chi connectivity index (χ4n) is 2.82. The Morgan fingerprint density at radius 2 is 1.79 bits per heavy atom. The lowest BCUT2D eigenvalue weighted by Gasteiger charge is -2.16. The van der Waals surface area contributed by atoms with Gasteiger partial charge in [-0.2, -0.15) is 13.2 Å². The molecule has 2 aromatic carbocycles. The number of hydrogen-bond acceptors (Lipinski definition) is 4. The Hall–Kier alpha value is -3.20. The van der Waals surface area contributed by atoms with Crippen LogP contribution in [0.25, 0.3) is 0 Å². The van der Waals surface area contributed by atoms with Crippen LogP contribution in [0, 0.1) is 0 Å². The second-order valence-electron chi connectivity index (χ2n) is 6.53. The molecule has 6 nitrogen and oxygen atoms in total. The van der Waals surface area contributed by atoms with Crippen molar-refractivity contribution in [1.29, 1.82) is 0 Å². The predicted octanol–water partition coefficient (Wildman–Crippen LogP) is 5.21. The van der Waals surface area contributed by atoms with Crippen molar-refractivity contribution in [3.63, 3.8) is 0 Å². The maximum Gasteiger partial charge on any atom is 0.418 e. The normalized spacial score (nSPS) is 13.7. The van der Waals surface area contributed by atoms with E-state index in [9.17, 15) is 18.0 Å². The molecular weight excluding hydrogens is 383 g/mol. The van der Waals surface area contributed by atoms with Gasteiger partial charge in [-0.05, 0) is 49.2 Å². The van der Waals surface area contributed by atoms with Crippen LogP contribution in [0.15, 0.2) is 60.4 Å². The Morgan fingerprint density at radius 3 is 2.48 bits per heavy atom. The molecule has 0 atom stereocenters. The number of unbranched alkanes of at least 4 members (excludes halogenated alkanes) is 1. The van der Waals surface area contributed by atoms with Crippen LogP contribution in [0.3, 0.4) is 0 Å². The highest BCUT2D eigenvalue weighted by atomic mass is 19.4. The monoisotopic (exact) mass is 405 g/mol. The van der Waals surface area contributed by atoms with Crippen LogP contribution in [-0.4, -0.2) is 6.03 Å². The van der Waals surface area contributed by atoms with E-state index in [4.69, 9.17) is 0 Å². The van der Waals surface area contributed by atoms with Crippen LogP contribution in [0.4, 0.5) is 35.0 Å². The number of urea groups is 1. The fraction of sp³-hybridized carbons (Fsp3) is 0.250. The molecule has 9 heteroatoms. The van der Waals surface area contributed by atoms with Gasteiger partial charge < -0.3 is 16.1 Å². The highest BCUT2D eigenvalue weighted by molar-refractivity contribution is 6.00. The van der Waals surface area contributed by atoms with E-state index in [2.05, 4.69) is 28.5 Å². The summed E-state index contributed by atoms with van der Waals surface area (Å²) in [4.78, 5) is 12.1. The number of hydrogen-bond donors (Lipinski definition) is 4. The third kappa shape index (κ3) is 5.41. The summed E-state index contributed by atoms with van der Waals surface area (Å²) in [6.07, 6.45) is 0.544. The molecule has 29 heavy (non-hydrogen) atoms. The van der Waals surface area contributed by atoms with Crippen LogP contribution in [-0.2, 0) is 6.18 Å². The second-order valence-corrected chi connectivity index (χ2v) is 6.53. The summed E-state index contributed by atoms with van der Waals surface area (Å²) >= 11 is 0. The van der Waals surface area contributed by atoms with Gasteiger partial charge in [-0.1, -0.05) is 25.5 Å². The number of nitrogens with zero attached hydrogens (tertiary/aromatic N) is 1. The molecule has 2 aromatic rings. The quantitative estimate of drug-likeness (QED) is 0.533. The van der Waals surface area contributed by atoms with Crippen LogP contribution < -0.4 is 26.6 Å². The summed E-state index contributed by atoms with van der Waals surface area (Å²) in [6, 6.07) is 11.0. The molecule has 154 valence electrons. The molecule has 0 spiro atoms. The van der Waals surface area contributed by atoms with Gasteiger partial charge in [-0.25, -0.2) is 4.79 Å². The number of benzene rings is 2. The minimum atomic E-state index is -4.55. The van der Waals surface area contributed by atoms with E-state index in [1.807, 2.05) is 11.2 Å². The van der Waals surface area contributed by atoms with Crippen LogP contribution in [0.1, 0.15) is 31.7 Å². The third-order valence-corrected chi connectivity index (χ3v) is 4.31. The van der Waals surface area contributed by atoms with Crippen molar-refractivity contribution >= 4 is 23.1 Å². The Kier molecular flexibility index (Phi) is 6.28. The Balaban J connectivity index is 1.61. The molecular formula is C20H22F3N5O. The van der Waals surface area contributed by atoms with Crippen molar-refractivity contribution in [2.24, 2.45) is 0 Å². The molecule has 0 saturated heterocycles. The van der Waals surface area contributed by atoms with Crippen LogP contribution >= 0.6 is 0 Å². The van der Waals surface area contributed by atoms with E-state index in [0.29, 0.717) is 5.69 Å². The van der Waals surface area contributed by atoms with Gasteiger partial charge in [0.1, 0.15) is 0 Å². The lowest BCUT2D eigenvalue weighted by atomic mass is 10.1. The number of halogens is 3. The molecule has 2 amide bonds. The van der Waals surface area contributed by atoms with E-state index in [0.717, 1.165) is 36.7 Å². The van der Waals surface area contributed by atoms with E-state index in [1.54, 1.807) is 24.3 Å². The zero-order valence-electron chi connectivity index (χ0n) is 15.8. The molecule has 1 aliphatic rings. The highest BCUT2D eigenvalue weighted by Crippen LogP contribution is 2.34. The number of hydrazine groups is 2. The molecule has 0 fully saturated rings. The van der Waals surface area contributed by atoms with E-state index < -0.39 is 17.8 Å². The largest absolute Gasteiger partial charge is 0.418 e. The summed E-state index contributed by atoms with van der Waals surface area (Å²) in [7, 11) is 0. The van der Waals surface area contributed by atoms with Crippen molar-refractivity contribution in [3.8, 4) is 0 Å². The first-order valence-electron chi connectivity index (χ1n) is 9.22. The summed E-state index contributed by atoms with van der Waals surface area (Å²) < 4.78 is 39.1. The molecule has 4 N–H and O–H groups in total. The Bertz CT molecular complexity index is 880. The number of para-hydroxylation sites is 1. The summed E-state index contributed by atoms with van der Waals surface area (Å²) in [5.74, 6) is 0. The van der Waals surface area contributed by atoms with Gasteiger partial charge >= 0.3 is 12.2 Å². The number of allylic oxidation sites excluding steroid dienone is 1. The molecule has 1 aliphatic heterocycles. The van der Waals surface area contributed by atoms with Gasteiger partial charge in [0.15, 0.2) is 0 Å². The van der Waals surface area contributed by atoms with E-state index >= 15 is 0 Å². The van der Waals surface area contributed by atoms with Gasteiger partial charge in [0.25, 0.3) is 0 Å². The molecule has 0 unspecified atom stereocenters. The first-order valence-corrected chi connectivity index (χ1v) is 9.22. The molecule has 0 aromatic heterocycles. The summed E-state index contributed by atoms with van der Waals surface area (Å²) in [6.45, 7) is 2.13. The number of anilines is 3. The number of nitrogens with one attached hydrogen (secondary N) is 4. The zero-order valence-corrected chi connectivity index (χ0v) is 15.8. The van der Waals surface area contributed by atoms with E-state index in [1.165, 1.54) is 18.2 Å². The standard InChI is InChI=1S/C20H22F3N5O/c1-2-3-6-15-13-28(27-26-15)16-11-9-14(10-12-16)24-19(29)25-18-8-5-4-7-17(18)20(21,22)23/h4-5,7-13,26-27H,2-3,6H2,1H3,(H2,24,25,29). The third-order valence-electron chi connectivity index (χ3n) is 4.31. The first-order chi connectivity index (χ1) is 13.9. The number of alkyl halides is 3. The van der Waals surface area contributed by atoms with Crippen molar-refractivity contribution in [2.75, 3.05) is 15.6 Å². The smallest absolute Gasteiger partial charge is 0.308 e. The van der Waals surface area contributed by atoms with Crippen molar-refractivity contribution in [3.05, 3.63) is 66.0 Å².